The van der Waals surface area contributed by atoms with Gasteiger partial charge in [-0.25, -0.2) is 14.3 Å². The van der Waals surface area contributed by atoms with Crippen molar-refractivity contribution in [3.05, 3.63) is 52.8 Å². The summed E-state index contributed by atoms with van der Waals surface area (Å²) in [5.41, 5.74) is -0.212. The maximum Gasteiger partial charge on any atom is 0.433 e. The summed E-state index contributed by atoms with van der Waals surface area (Å²) in [6, 6.07) is 8.26. The van der Waals surface area contributed by atoms with Crippen LogP contribution in [0.3, 0.4) is 0 Å². The summed E-state index contributed by atoms with van der Waals surface area (Å²) in [6.45, 7) is 0. The third kappa shape index (κ3) is 4.30. The maximum atomic E-state index is 13.6. The van der Waals surface area contributed by atoms with Crippen molar-refractivity contribution in [1.29, 1.82) is 0 Å². The fourth-order valence-corrected chi connectivity index (χ4v) is 3.37. The summed E-state index contributed by atoms with van der Waals surface area (Å²) in [5, 5.41) is 8.05. The molecule has 1 aromatic carbocycles. The van der Waals surface area contributed by atoms with Crippen LogP contribution in [0, 0.1) is 0 Å². The van der Waals surface area contributed by atoms with Crippen LogP contribution in [0.4, 0.5) is 13.2 Å². The van der Waals surface area contributed by atoms with Crippen molar-refractivity contribution in [2.24, 2.45) is 5.16 Å². The van der Waals surface area contributed by atoms with Crippen LogP contribution in [0.1, 0.15) is 48.3 Å². The molecule has 2 aromatic heterocycles. The average molecular weight is 437 g/mol. The molecular weight excluding hydrogens is 421 g/mol. The Labute approximate surface area is 174 Å². The molecule has 0 atom stereocenters. The van der Waals surface area contributed by atoms with Gasteiger partial charge in [0.2, 0.25) is 0 Å². The van der Waals surface area contributed by atoms with Crippen LogP contribution in [-0.4, -0.2) is 26.3 Å². The third-order valence-electron chi connectivity index (χ3n) is 4.76. The Morgan fingerprint density at radius 2 is 1.80 bits per heavy atom. The van der Waals surface area contributed by atoms with Crippen molar-refractivity contribution in [2.45, 2.75) is 38.3 Å². The molecule has 10 heteroatoms. The van der Waals surface area contributed by atoms with E-state index in [4.69, 9.17) is 16.4 Å². The number of alkyl halides is 3. The van der Waals surface area contributed by atoms with E-state index in [1.54, 1.807) is 24.3 Å². The van der Waals surface area contributed by atoms with Crippen molar-refractivity contribution in [3.63, 3.8) is 0 Å². The van der Waals surface area contributed by atoms with E-state index < -0.39 is 17.8 Å². The van der Waals surface area contributed by atoms with Crippen LogP contribution >= 0.6 is 11.6 Å². The van der Waals surface area contributed by atoms with E-state index in [0.29, 0.717) is 15.1 Å². The minimum Gasteiger partial charge on any atom is -0.311 e. The highest BCUT2D eigenvalue weighted by molar-refractivity contribution is 6.30. The standard InChI is InChI=1S/C20H16ClF3N4O2/c21-13-8-6-12(7-9-13)15-10-17(20(22,23)24)28-18(25-15)11-16(26-28)19(29)30-27-14-4-2-1-3-5-14/h6-11H,1-5H2. The molecule has 3 aromatic rings. The minimum atomic E-state index is -4.71. The van der Waals surface area contributed by atoms with Crippen molar-refractivity contribution >= 4 is 28.9 Å². The number of rotatable bonds is 3. The molecule has 156 valence electrons. The molecule has 0 amide bonds. The number of oxime groups is 1. The van der Waals surface area contributed by atoms with Crippen LogP contribution in [-0.2, 0) is 11.0 Å². The zero-order valence-electron chi connectivity index (χ0n) is 15.6. The van der Waals surface area contributed by atoms with E-state index in [1.807, 2.05) is 0 Å². The summed E-state index contributed by atoms with van der Waals surface area (Å²) < 4.78 is 41.5. The lowest BCUT2D eigenvalue weighted by Crippen LogP contribution is -2.14. The maximum absolute atomic E-state index is 13.6. The second-order valence-corrected chi connectivity index (χ2v) is 7.36. The van der Waals surface area contributed by atoms with E-state index >= 15 is 0 Å². The summed E-state index contributed by atoms with van der Waals surface area (Å²) in [7, 11) is 0. The molecule has 6 nitrogen and oxygen atoms in total. The summed E-state index contributed by atoms with van der Waals surface area (Å²) in [5.74, 6) is -0.931. The molecule has 0 bridgehead atoms. The minimum absolute atomic E-state index is 0.0776. The zero-order valence-corrected chi connectivity index (χ0v) is 16.4. The number of carbonyl (C=O) groups excluding carboxylic acids is 1. The lowest BCUT2D eigenvalue weighted by molar-refractivity contribution is -0.142. The Kier molecular flexibility index (Phi) is 5.46. The molecule has 1 aliphatic carbocycles. The number of aromatic nitrogens is 3. The Morgan fingerprint density at radius 3 is 2.47 bits per heavy atom. The first-order valence-electron chi connectivity index (χ1n) is 9.32. The van der Waals surface area contributed by atoms with Gasteiger partial charge in [-0.3, -0.25) is 0 Å². The van der Waals surface area contributed by atoms with Crippen molar-refractivity contribution < 1.29 is 22.8 Å². The van der Waals surface area contributed by atoms with Crippen LogP contribution in [0.2, 0.25) is 5.02 Å². The van der Waals surface area contributed by atoms with Gasteiger partial charge in [0.05, 0.1) is 11.4 Å². The molecule has 0 radical (unpaired) electrons. The Balaban J connectivity index is 1.71. The molecule has 0 unspecified atom stereocenters. The van der Waals surface area contributed by atoms with Gasteiger partial charge in [0, 0.05) is 16.7 Å². The molecule has 0 N–H and O–H groups in total. The lowest BCUT2D eigenvalue weighted by Gasteiger charge is -2.11. The van der Waals surface area contributed by atoms with Gasteiger partial charge in [-0.1, -0.05) is 35.3 Å². The van der Waals surface area contributed by atoms with E-state index in [1.165, 1.54) is 0 Å². The fourth-order valence-electron chi connectivity index (χ4n) is 3.25. The van der Waals surface area contributed by atoms with Gasteiger partial charge in [0.25, 0.3) is 0 Å². The Hall–Kier alpha value is -2.94. The normalized spacial score (nSPS) is 14.7. The Bertz CT molecular complexity index is 1120. The number of benzene rings is 1. The first kappa shape index (κ1) is 20.3. The zero-order chi connectivity index (χ0) is 21.3. The molecule has 1 aliphatic rings. The largest absolute Gasteiger partial charge is 0.433 e. The molecule has 0 spiro atoms. The fraction of sp³-hybridized carbons (Fsp3) is 0.300. The van der Waals surface area contributed by atoms with Gasteiger partial charge in [0.1, 0.15) is 0 Å². The number of nitrogens with zero attached hydrogens (tertiary/aromatic N) is 4. The predicted octanol–water partition coefficient (Wildman–Crippen LogP) is 5.55. The monoisotopic (exact) mass is 436 g/mol. The van der Waals surface area contributed by atoms with Crippen molar-refractivity contribution in [3.8, 4) is 11.3 Å². The molecular formula is C20H16ClF3N4O2. The molecule has 2 heterocycles. The van der Waals surface area contributed by atoms with Gasteiger partial charge < -0.3 is 4.84 Å². The van der Waals surface area contributed by atoms with E-state index in [9.17, 15) is 18.0 Å². The SMILES string of the molecule is O=C(ON=C1CCCCC1)c1cc2nc(-c3ccc(Cl)cc3)cc(C(F)(F)F)n2n1. The molecule has 30 heavy (non-hydrogen) atoms. The van der Waals surface area contributed by atoms with Crippen molar-refractivity contribution in [2.75, 3.05) is 0 Å². The summed E-state index contributed by atoms with van der Waals surface area (Å²) in [6.07, 6.45) is -0.196. The first-order chi connectivity index (χ1) is 14.3. The molecule has 1 fully saturated rings. The first-order valence-corrected chi connectivity index (χ1v) is 9.70. The number of hydrogen-bond acceptors (Lipinski definition) is 5. The number of carbonyl (C=O) groups is 1. The number of hydrogen-bond donors (Lipinski definition) is 0. The summed E-state index contributed by atoms with van der Waals surface area (Å²) >= 11 is 5.85. The highest BCUT2D eigenvalue weighted by atomic mass is 35.5. The molecule has 4 rings (SSSR count). The van der Waals surface area contributed by atoms with Crippen LogP contribution < -0.4 is 0 Å². The summed E-state index contributed by atoms with van der Waals surface area (Å²) in [4.78, 5) is 21.4. The average Bonchev–Trinajstić information content (AvgIpc) is 3.16. The second kappa shape index (κ2) is 8.06. The van der Waals surface area contributed by atoms with Gasteiger partial charge >= 0.3 is 12.1 Å². The van der Waals surface area contributed by atoms with Gasteiger partial charge in [-0.05, 0) is 43.9 Å². The van der Waals surface area contributed by atoms with Crippen LogP contribution in [0.15, 0.2) is 41.6 Å². The Morgan fingerprint density at radius 1 is 1.10 bits per heavy atom. The highest BCUT2D eigenvalue weighted by Crippen LogP contribution is 2.32. The van der Waals surface area contributed by atoms with Gasteiger partial charge in [0.15, 0.2) is 17.0 Å². The van der Waals surface area contributed by atoms with Crippen LogP contribution in [0.25, 0.3) is 16.9 Å². The van der Waals surface area contributed by atoms with Gasteiger partial charge in [-0.15, -0.1) is 0 Å². The number of halogens is 4. The second-order valence-electron chi connectivity index (χ2n) is 6.93. The number of fused-ring (bicyclic) bond motifs is 1. The third-order valence-corrected chi connectivity index (χ3v) is 5.01. The molecule has 0 aliphatic heterocycles. The van der Waals surface area contributed by atoms with Crippen molar-refractivity contribution in [1.82, 2.24) is 14.6 Å². The molecule has 0 saturated heterocycles. The van der Waals surface area contributed by atoms with E-state index in [2.05, 4.69) is 15.2 Å². The van der Waals surface area contributed by atoms with E-state index in [-0.39, 0.29) is 17.0 Å². The smallest absolute Gasteiger partial charge is 0.311 e. The quantitative estimate of drug-likeness (QED) is 0.399. The van der Waals surface area contributed by atoms with Gasteiger partial charge in [-0.2, -0.15) is 18.3 Å². The lowest BCUT2D eigenvalue weighted by atomic mass is 9.99. The van der Waals surface area contributed by atoms with E-state index in [0.717, 1.165) is 49.9 Å². The molecule has 1 saturated carbocycles. The highest BCUT2D eigenvalue weighted by Gasteiger charge is 2.35. The topological polar surface area (TPSA) is 68.8 Å². The van der Waals surface area contributed by atoms with Crippen LogP contribution in [0.5, 0.6) is 0 Å². The predicted molar refractivity (Wildman–Crippen MR) is 104 cm³/mol.